The summed E-state index contributed by atoms with van der Waals surface area (Å²) in [7, 11) is 0. The van der Waals surface area contributed by atoms with E-state index in [2.05, 4.69) is 18.7 Å². The lowest BCUT2D eigenvalue weighted by molar-refractivity contribution is 0.264. The van der Waals surface area contributed by atoms with Crippen LogP contribution < -0.4 is 5.73 Å². The van der Waals surface area contributed by atoms with Crippen molar-refractivity contribution in [1.29, 1.82) is 0 Å². The molecule has 4 heteroatoms. The number of hydrogen-bond donors (Lipinski definition) is 1. The average Bonchev–Trinajstić information content (AvgIpc) is 2.35. The van der Waals surface area contributed by atoms with Crippen LogP contribution in [-0.2, 0) is 0 Å². The normalized spacial score (nSPS) is 12.9. The predicted molar refractivity (Wildman–Crippen MR) is 74.9 cm³/mol. The van der Waals surface area contributed by atoms with Gasteiger partial charge >= 0.3 is 0 Å². The molecule has 1 atom stereocenters. The lowest BCUT2D eigenvalue weighted by Gasteiger charge is -2.23. The van der Waals surface area contributed by atoms with Gasteiger partial charge in [-0.25, -0.2) is 8.78 Å². The molecule has 108 valence electrons. The lowest BCUT2D eigenvalue weighted by atomic mass is 10.0. The van der Waals surface area contributed by atoms with Gasteiger partial charge in [0.2, 0.25) is 0 Å². The fourth-order valence-corrected chi connectivity index (χ4v) is 2.25. The molecule has 0 aliphatic heterocycles. The van der Waals surface area contributed by atoms with Crippen molar-refractivity contribution in [3.8, 4) is 0 Å². The maximum atomic E-state index is 13.1. The molecule has 0 amide bonds. The highest BCUT2D eigenvalue weighted by atomic mass is 19.1. The van der Waals surface area contributed by atoms with E-state index in [1.165, 1.54) is 12.1 Å². The van der Waals surface area contributed by atoms with Crippen LogP contribution in [0.25, 0.3) is 0 Å². The number of rotatable bonds is 8. The van der Waals surface area contributed by atoms with Gasteiger partial charge in [-0.1, -0.05) is 13.8 Å². The smallest absolute Gasteiger partial charge is 0.126 e. The molecule has 2 nitrogen and oxygen atoms in total. The van der Waals surface area contributed by atoms with Gasteiger partial charge in [0.1, 0.15) is 11.6 Å². The molecule has 0 aromatic heterocycles. The molecule has 1 aromatic carbocycles. The third-order valence-electron chi connectivity index (χ3n) is 3.15. The fourth-order valence-electron chi connectivity index (χ4n) is 2.25. The van der Waals surface area contributed by atoms with Crippen LogP contribution in [0.2, 0.25) is 0 Å². The van der Waals surface area contributed by atoms with E-state index in [4.69, 9.17) is 5.73 Å². The van der Waals surface area contributed by atoms with Crippen LogP contribution in [0, 0.1) is 11.6 Å². The van der Waals surface area contributed by atoms with Crippen molar-refractivity contribution in [3.63, 3.8) is 0 Å². The maximum Gasteiger partial charge on any atom is 0.126 e. The molecular weight excluding hydrogens is 246 g/mol. The third-order valence-corrected chi connectivity index (χ3v) is 3.15. The van der Waals surface area contributed by atoms with Crippen molar-refractivity contribution in [1.82, 2.24) is 4.90 Å². The van der Waals surface area contributed by atoms with Gasteiger partial charge in [-0.3, -0.25) is 0 Å². The van der Waals surface area contributed by atoms with Crippen LogP contribution in [0.4, 0.5) is 8.78 Å². The Kier molecular flexibility index (Phi) is 6.95. The molecule has 0 spiro atoms. The van der Waals surface area contributed by atoms with Gasteiger partial charge in [-0.15, -0.1) is 0 Å². The highest BCUT2D eigenvalue weighted by Crippen LogP contribution is 2.17. The van der Waals surface area contributed by atoms with Gasteiger partial charge < -0.3 is 10.6 Å². The van der Waals surface area contributed by atoms with E-state index in [1.807, 2.05) is 0 Å². The summed E-state index contributed by atoms with van der Waals surface area (Å²) >= 11 is 0. The molecule has 0 radical (unpaired) electrons. The molecule has 0 aliphatic rings. The first-order valence-electron chi connectivity index (χ1n) is 7.00. The summed E-state index contributed by atoms with van der Waals surface area (Å²) in [6.45, 7) is 7.23. The molecule has 19 heavy (non-hydrogen) atoms. The van der Waals surface area contributed by atoms with Gasteiger partial charge in [0.15, 0.2) is 0 Å². The molecular formula is C15H24F2N2. The topological polar surface area (TPSA) is 29.3 Å². The Morgan fingerprint density at radius 1 is 1.00 bits per heavy atom. The summed E-state index contributed by atoms with van der Waals surface area (Å²) in [5.41, 5.74) is 6.55. The first kappa shape index (κ1) is 16.1. The van der Waals surface area contributed by atoms with E-state index < -0.39 is 11.6 Å². The van der Waals surface area contributed by atoms with E-state index in [0.29, 0.717) is 12.0 Å². The Balaban J connectivity index is 2.55. The second-order valence-electron chi connectivity index (χ2n) is 4.94. The van der Waals surface area contributed by atoms with E-state index in [0.717, 1.165) is 38.5 Å². The minimum atomic E-state index is -0.565. The number of nitrogens with two attached hydrogens (primary N) is 1. The second-order valence-corrected chi connectivity index (χ2v) is 4.94. The maximum absolute atomic E-state index is 13.1. The summed E-state index contributed by atoms with van der Waals surface area (Å²) in [5, 5.41) is 0. The number of nitrogens with zero attached hydrogens (tertiary/aromatic N) is 1. The van der Waals surface area contributed by atoms with Crippen LogP contribution in [0.5, 0.6) is 0 Å². The summed E-state index contributed by atoms with van der Waals surface area (Å²) < 4.78 is 26.2. The van der Waals surface area contributed by atoms with Crippen LogP contribution in [0.1, 0.15) is 44.7 Å². The molecule has 0 fully saturated rings. The fraction of sp³-hybridized carbons (Fsp3) is 0.600. The van der Waals surface area contributed by atoms with Crippen molar-refractivity contribution in [3.05, 3.63) is 35.4 Å². The molecule has 1 unspecified atom stereocenters. The van der Waals surface area contributed by atoms with E-state index in [1.54, 1.807) is 0 Å². The van der Waals surface area contributed by atoms with Crippen LogP contribution in [0.15, 0.2) is 18.2 Å². The Morgan fingerprint density at radius 2 is 1.53 bits per heavy atom. The van der Waals surface area contributed by atoms with Gasteiger partial charge in [0.25, 0.3) is 0 Å². The second kappa shape index (κ2) is 8.23. The molecule has 1 rings (SSSR count). The number of benzene rings is 1. The quantitative estimate of drug-likeness (QED) is 0.783. The molecule has 1 aromatic rings. The molecule has 0 saturated heterocycles. The zero-order chi connectivity index (χ0) is 14.3. The Labute approximate surface area is 114 Å². The van der Waals surface area contributed by atoms with Crippen LogP contribution in [-0.4, -0.2) is 24.5 Å². The van der Waals surface area contributed by atoms with E-state index in [-0.39, 0.29) is 6.04 Å². The standard InChI is InChI=1S/C15H24F2N2/c1-3-6-19(7-4-2)8-5-15(18)12-9-13(16)11-14(17)10-12/h9-11,15H,3-8,18H2,1-2H3. The molecule has 0 saturated carbocycles. The van der Waals surface area contributed by atoms with Gasteiger partial charge in [0, 0.05) is 12.1 Å². The van der Waals surface area contributed by atoms with Crippen molar-refractivity contribution >= 4 is 0 Å². The predicted octanol–water partition coefficient (Wildman–Crippen LogP) is 3.48. The first-order valence-corrected chi connectivity index (χ1v) is 7.00. The first-order chi connectivity index (χ1) is 9.06. The Hall–Kier alpha value is -1.00. The SMILES string of the molecule is CCCN(CCC)CCC(N)c1cc(F)cc(F)c1. The van der Waals surface area contributed by atoms with E-state index in [9.17, 15) is 8.78 Å². The Bertz CT molecular complexity index is 356. The highest BCUT2D eigenvalue weighted by Gasteiger charge is 2.11. The Morgan fingerprint density at radius 3 is 2.00 bits per heavy atom. The highest BCUT2D eigenvalue weighted by molar-refractivity contribution is 5.21. The van der Waals surface area contributed by atoms with Crippen LogP contribution >= 0.6 is 0 Å². The van der Waals surface area contributed by atoms with E-state index >= 15 is 0 Å². The summed E-state index contributed by atoms with van der Waals surface area (Å²) in [6, 6.07) is 3.19. The summed E-state index contributed by atoms with van der Waals surface area (Å²) in [4.78, 5) is 2.34. The lowest BCUT2D eigenvalue weighted by Crippen LogP contribution is -2.29. The zero-order valence-corrected chi connectivity index (χ0v) is 11.8. The summed E-state index contributed by atoms with van der Waals surface area (Å²) in [6.07, 6.45) is 2.91. The molecule has 0 aliphatic carbocycles. The largest absolute Gasteiger partial charge is 0.324 e. The molecule has 0 heterocycles. The van der Waals surface area contributed by atoms with Gasteiger partial charge in [-0.2, -0.15) is 0 Å². The minimum Gasteiger partial charge on any atom is -0.324 e. The van der Waals surface area contributed by atoms with Gasteiger partial charge in [-0.05, 0) is 56.6 Å². The zero-order valence-electron chi connectivity index (χ0n) is 11.8. The molecule has 2 N–H and O–H groups in total. The average molecular weight is 270 g/mol. The van der Waals surface area contributed by atoms with Crippen molar-refractivity contribution in [2.24, 2.45) is 5.73 Å². The summed E-state index contributed by atoms with van der Waals surface area (Å²) in [5.74, 6) is -1.13. The third kappa shape index (κ3) is 5.66. The number of halogens is 2. The van der Waals surface area contributed by atoms with Crippen molar-refractivity contribution < 1.29 is 8.78 Å². The van der Waals surface area contributed by atoms with Crippen molar-refractivity contribution in [2.75, 3.05) is 19.6 Å². The number of hydrogen-bond acceptors (Lipinski definition) is 2. The monoisotopic (exact) mass is 270 g/mol. The van der Waals surface area contributed by atoms with Gasteiger partial charge in [0.05, 0.1) is 0 Å². The molecule has 0 bridgehead atoms. The van der Waals surface area contributed by atoms with Crippen LogP contribution in [0.3, 0.4) is 0 Å². The minimum absolute atomic E-state index is 0.318. The van der Waals surface area contributed by atoms with Crippen molar-refractivity contribution in [2.45, 2.75) is 39.2 Å².